The lowest BCUT2D eigenvalue weighted by Gasteiger charge is -2.11. The lowest BCUT2D eigenvalue weighted by molar-refractivity contribution is 0.248. The van der Waals surface area contributed by atoms with Crippen molar-refractivity contribution in [1.82, 2.24) is 15.5 Å². The van der Waals surface area contributed by atoms with Gasteiger partial charge in [0, 0.05) is 6.04 Å². The average Bonchev–Trinajstić information content (AvgIpc) is 2.83. The van der Waals surface area contributed by atoms with Crippen LogP contribution in [0.25, 0.3) is 0 Å². The quantitative estimate of drug-likeness (QED) is 0.609. The molecule has 0 saturated heterocycles. The number of urea groups is 1. The van der Waals surface area contributed by atoms with Gasteiger partial charge >= 0.3 is 6.03 Å². The van der Waals surface area contributed by atoms with E-state index in [4.69, 9.17) is 5.73 Å². The van der Waals surface area contributed by atoms with Crippen LogP contribution < -0.4 is 16.4 Å². The number of hydrogen-bond acceptors (Lipinski definition) is 3. The maximum absolute atomic E-state index is 11.6. The molecule has 0 spiro atoms. The van der Waals surface area contributed by atoms with Crippen LogP contribution >= 0.6 is 0 Å². The highest BCUT2D eigenvalue weighted by Gasteiger charge is 2.18. The number of carbonyl (C=O) groups is 1. The van der Waals surface area contributed by atoms with Gasteiger partial charge in [-0.25, -0.2) is 4.79 Å². The van der Waals surface area contributed by atoms with E-state index >= 15 is 0 Å². The van der Waals surface area contributed by atoms with Crippen molar-refractivity contribution in [1.29, 1.82) is 0 Å². The number of nitrogens with two attached hydrogens (primary N) is 1. The van der Waals surface area contributed by atoms with Crippen molar-refractivity contribution in [2.45, 2.75) is 38.6 Å². The van der Waals surface area contributed by atoms with Crippen molar-refractivity contribution in [3.05, 3.63) is 5.69 Å². The van der Waals surface area contributed by atoms with Crippen LogP contribution in [0.5, 0.6) is 0 Å². The predicted molar refractivity (Wildman–Crippen MR) is 62.1 cm³/mol. The van der Waals surface area contributed by atoms with E-state index in [1.807, 2.05) is 6.92 Å². The molecule has 5 N–H and O–H groups in total. The number of nitrogens with one attached hydrogen (secondary N) is 3. The smallest absolute Gasteiger partial charge is 0.320 e. The Kier molecular flexibility index (Phi) is 2.98. The molecule has 1 aromatic heterocycles. The number of aryl methyl sites for hydroxylation is 1. The number of hydrogen-bond donors (Lipinski definition) is 4. The molecule has 0 aliphatic heterocycles. The fourth-order valence-corrected chi connectivity index (χ4v) is 1.93. The van der Waals surface area contributed by atoms with Crippen LogP contribution in [0.4, 0.5) is 16.3 Å². The maximum Gasteiger partial charge on any atom is 0.320 e. The van der Waals surface area contributed by atoms with Gasteiger partial charge in [0.05, 0.1) is 11.4 Å². The maximum atomic E-state index is 11.6. The lowest BCUT2D eigenvalue weighted by Crippen LogP contribution is -2.36. The number of carbonyl (C=O) groups excluding carboxylic acids is 1. The Balaban J connectivity index is 1.89. The second-order valence-electron chi connectivity index (χ2n) is 4.19. The first kappa shape index (κ1) is 10.8. The van der Waals surface area contributed by atoms with Gasteiger partial charge in [-0.15, -0.1) is 0 Å². The molecule has 1 saturated carbocycles. The summed E-state index contributed by atoms with van der Waals surface area (Å²) in [5, 5.41) is 12.2. The van der Waals surface area contributed by atoms with Gasteiger partial charge in [0.15, 0.2) is 5.82 Å². The molecule has 16 heavy (non-hydrogen) atoms. The van der Waals surface area contributed by atoms with Gasteiger partial charge in [0.2, 0.25) is 0 Å². The molecule has 1 aromatic rings. The van der Waals surface area contributed by atoms with Crippen molar-refractivity contribution in [2.75, 3.05) is 11.1 Å². The van der Waals surface area contributed by atoms with Crippen LogP contribution in [-0.4, -0.2) is 22.3 Å². The van der Waals surface area contributed by atoms with E-state index < -0.39 is 0 Å². The number of amides is 2. The minimum atomic E-state index is -0.231. The predicted octanol–water partition coefficient (Wildman–Crippen LogP) is 1.36. The van der Waals surface area contributed by atoms with Crippen LogP contribution in [0.15, 0.2) is 0 Å². The number of aromatic nitrogens is 2. The molecule has 6 heteroatoms. The van der Waals surface area contributed by atoms with Crippen molar-refractivity contribution < 1.29 is 4.79 Å². The number of aromatic amines is 1. The zero-order valence-corrected chi connectivity index (χ0v) is 9.34. The van der Waals surface area contributed by atoms with Crippen LogP contribution in [0.2, 0.25) is 0 Å². The zero-order chi connectivity index (χ0) is 11.5. The largest absolute Gasteiger partial charge is 0.394 e. The van der Waals surface area contributed by atoms with Crippen LogP contribution in [0.3, 0.4) is 0 Å². The Morgan fingerprint density at radius 3 is 2.75 bits per heavy atom. The molecule has 0 atom stereocenters. The highest BCUT2D eigenvalue weighted by atomic mass is 16.2. The van der Waals surface area contributed by atoms with Crippen LogP contribution in [0.1, 0.15) is 31.4 Å². The van der Waals surface area contributed by atoms with Gasteiger partial charge in [-0.2, -0.15) is 5.10 Å². The Morgan fingerprint density at radius 1 is 1.50 bits per heavy atom. The van der Waals surface area contributed by atoms with Crippen molar-refractivity contribution in [2.24, 2.45) is 0 Å². The summed E-state index contributed by atoms with van der Waals surface area (Å²) < 4.78 is 0. The number of anilines is 2. The van der Waals surface area contributed by atoms with Crippen molar-refractivity contribution in [3.63, 3.8) is 0 Å². The Hall–Kier alpha value is -1.72. The molecular formula is C10H17N5O. The fourth-order valence-electron chi connectivity index (χ4n) is 1.93. The molecule has 1 fully saturated rings. The number of nitrogen functional groups attached to an aromatic ring is 1. The first-order valence-corrected chi connectivity index (χ1v) is 5.55. The Bertz CT molecular complexity index is 381. The van der Waals surface area contributed by atoms with Gasteiger partial charge in [-0.1, -0.05) is 12.8 Å². The monoisotopic (exact) mass is 223 g/mol. The second-order valence-corrected chi connectivity index (χ2v) is 4.19. The van der Waals surface area contributed by atoms with E-state index in [1.165, 1.54) is 12.8 Å². The van der Waals surface area contributed by atoms with Gasteiger partial charge in [0.25, 0.3) is 0 Å². The average molecular weight is 223 g/mol. The third-order valence-electron chi connectivity index (χ3n) is 2.92. The summed E-state index contributed by atoms with van der Waals surface area (Å²) in [5.41, 5.74) is 6.97. The Labute approximate surface area is 94.0 Å². The van der Waals surface area contributed by atoms with Crippen LogP contribution in [-0.2, 0) is 0 Å². The summed E-state index contributed by atoms with van der Waals surface area (Å²) in [6.07, 6.45) is 4.49. The minimum absolute atomic E-state index is 0.231. The molecule has 0 aromatic carbocycles. The summed E-state index contributed by atoms with van der Waals surface area (Å²) in [5.74, 6) is 0.396. The molecule has 0 bridgehead atoms. The van der Waals surface area contributed by atoms with Gasteiger partial charge in [0.1, 0.15) is 0 Å². The first-order chi connectivity index (χ1) is 7.66. The van der Waals surface area contributed by atoms with E-state index in [1.54, 1.807) is 0 Å². The molecule has 0 radical (unpaired) electrons. The molecule has 88 valence electrons. The molecule has 1 heterocycles. The molecule has 6 nitrogen and oxygen atoms in total. The van der Waals surface area contributed by atoms with Crippen molar-refractivity contribution >= 4 is 17.5 Å². The summed E-state index contributed by atoms with van der Waals surface area (Å²) in [6, 6.07) is 0.0614. The third-order valence-corrected chi connectivity index (χ3v) is 2.92. The van der Waals surface area contributed by atoms with Crippen molar-refractivity contribution in [3.8, 4) is 0 Å². The SMILES string of the molecule is Cc1[nH]nc(NC(=O)NC2CCCC2)c1N. The third kappa shape index (κ3) is 2.26. The first-order valence-electron chi connectivity index (χ1n) is 5.55. The molecule has 2 amide bonds. The molecule has 0 unspecified atom stereocenters. The molecule has 1 aliphatic rings. The molecule has 2 rings (SSSR count). The van der Waals surface area contributed by atoms with E-state index in [-0.39, 0.29) is 6.03 Å². The number of H-pyrrole nitrogens is 1. The fraction of sp³-hybridized carbons (Fsp3) is 0.600. The lowest BCUT2D eigenvalue weighted by atomic mass is 10.2. The van der Waals surface area contributed by atoms with Gasteiger partial charge in [-0.05, 0) is 19.8 Å². The number of rotatable bonds is 2. The standard InChI is InChI=1S/C10H17N5O/c1-6-8(11)9(15-14-6)13-10(16)12-7-4-2-3-5-7/h7H,2-5,11H2,1H3,(H3,12,13,14,15,16). The summed E-state index contributed by atoms with van der Waals surface area (Å²) >= 11 is 0. The minimum Gasteiger partial charge on any atom is -0.394 e. The topological polar surface area (TPSA) is 95.8 Å². The molecular weight excluding hydrogens is 206 g/mol. The van der Waals surface area contributed by atoms with Gasteiger partial charge < -0.3 is 11.1 Å². The second kappa shape index (κ2) is 4.42. The molecule has 1 aliphatic carbocycles. The van der Waals surface area contributed by atoms with Gasteiger partial charge in [-0.3, -0.25) is 10.4 Å². The summed E-state index contributed by atoms with van der Waals surface area (Å²) in [4.78, 5) is 11.6. The highest BCUT2D eigenvalue weighted by Crippen LogP contribution is 2.19. The van der Waals surface area contributed by atoms with E-state index in [2.05, 4.69) is 20.8 Å². The summed E-state index contributed by atoms with van der Waals surface area (Å²) in [7, 11) is 0. The normalized spacial score (nSPS) is 16.3. The summed E-state index contributed by atoms with van der Waals surface area (Å²) in [6.45, 7) is 1.81. The highest BCUT2D eigenvalue weighted by molar-refractivity contribution is 5.91. The van der Waals surface area contributed by atoms with E-state index in [0.29, 0.717) is 17.5 Å². The van der Waals surface area contributed by atoms with Crippen LogP contribution in [0, 0.1) is 6.92 Å². The van der Waals surface area contributed by atoms with E-state index in [9.17, 15) is 4.79 Å². The van der Waals surface area contributed by atoms with E-state index in [0.717, 1.165) is 18.5 Å². The zero-order valence-electron chi connectivity index (χ0n) is 9.34. The Morgan fingerprint density at radius 2 is 2.19 bits per heavy atom. The number of nitrogens with zero attached hydrogens (tertiary/aromatic N) is 1.